The van der Waals surface area contributed by atoms with Crippen LogP contribution < -0.4 is 5.73 Å². The number of nitrogens with zero attached hydrogens (tertiary/aromatic N) is 1. The van der Waals surface area contributed by atoms with Crippen molar-refractivity contribution in [3.05, 3.63) is 29.8 Å². The van der Waals surface area contributed by atoms with Gasteiger partial charge >= 0.3 is 0 Å². The molecule has 0 bridgehead atoms. The molecule has 4 nitrogen and oxygen atoms in total. The Kier molecular flexibility index (Phi) is 6.72. The zero-order valence-corrected chi connectivity index (χ0v) is 11.0. The summed E-state index contributed by atoms with van der Waals surface area (Å²) >= 11 is 0. The summed E-state index contributed by atoms with van der Waals surface area (Å²) in [6, 6.07) is 7.36. The molecule has 1 rings (SSSR count). The maximum atomic E-state index is 10.2. The number of benzene rings is 1. The van der Waals surface area contributed by atoms with Gasteiger partial charge in [0.25, 0.3) is 0 Å². The predicted molar refractivity (Wildman–Crippen MR) is 74.2 cm³/mol. The van der Waals surface area contributed by atoms with Crippen LogP contribution in [0.25, 0.3) is 0 Å². The standard InChI is InChI=1S/C14H24N2O2/c1-2-3-8-16(9-10-17)11-14(18)12-6-4-5-7-13(12)15/h4-7,14,17-18H,2-3,8-11,15H2,1H3. The fourth-order valence-corrected chi connectivity index (χ4v) is 1.97. The first-order valence-electron chi connectivity index (χ1n) is 6.54. The smallest absolute Gasteiger partial charge is 0.0936 e. The summed E-state index contributed by atoms with van der Waals surface area (Å²) < 4.78 is 0. The van der Waals surface area contributed by atoms with E-state index < -0.39 is 6.10 Å². The Bertz CT molecular complexity index is 344. The molecule has 0 aliphatic heterocycles. The Labute approximate surface area is 109 Å². The molecule has 0 heterocycles. The molecule has 0 saturated heterocycles. The number of aliphatic hydroxyl groups excluding tert-OH is 2. The van der Waals surface area contributed by atoms with Gasteiger partial charge in [-0.15, -0.1) is 0 Å². The van der Waals surface area contributed by atoms with Gasteiger partial charge in [-0.3, -0.25) is 4.90 Å². The van der Waals surface area contributed by atoms with Crippen molar-refractivity contribution >= 4 is 5.69 Å². The molecule has 102 valence electrons. The molecule has 0 amide bonds. The zero-order chi connectivity index (χ0) is 13.4. The van der Waals surface area contributed by atoms with Crippen molar-refractivity contribution in [1.29, 1.82) is 0 Å². The first kappa shape index (κ1) is 15.0. The minimum absolute atomic E-state index is 0.112. The first-order valence-corrected chi connectivity index (χ1v) is 6.54. The molecule has 1 unspecified atom stereocenters. The monoisotopic (exact) mass is 252 g/mol. The number of nitrogen functional groups attached to an aromatic ring is 1. The van der Waals surface area contributed by atoms with Crippen LogP contribution >= 0.6 is 0 Å². The quantitative estimate of drug-likeness (QED) is 0.612. The molecule has 18 heavy (non-hydrogen) atoms. The highest BCUT2D eigenvalue weighted by Crippen LogP contribution is 2.20. The second kappa shape index (κ2) is 8.08. The number of hydrogen-bond donors (Lipinski definition) is 3. The van der Waals surface area contributed by atoms with Crippen LogP contribution in [0.4, 0.5) is 5.69 Å². The van der Waals surface area contributed by atoms with E-state index in [2.05, 4.69) is 11.8 Å². The van der Waals surface area contributed by atoms with Gasteiger partial charge < -0.3 is 15.9 Å². The molecule has 0 fully saturated rings. The van der Waals surface area contributed by atoms with Crippen molar-refractivity contribution in [2.45, 2.75) is 25.9 Å². The van der Waals surface area contributed by atoms with Gasteiger partial charge in [-0.25, -0.2) is 0 Å². The summed E-state index contributed by atoms with van der Waals surface area (Å²) in [6.45, 7) is 4.23. The highest BCUT2D eigenvalue weighted by atomic mass is 16.3. The second-order valence-corrected chi connectivity index (χ2v) is 4.52. The molecule has 0 radical (unpaired) electrons. The Morgan fingerprint density at radius 3 is 2.61 bits per heavy atom. The fourth-order valence-electron chi connectivity index (χ4n) is 1.97. The molecule has 0 aliphatic rings. The molecular formula is C14H24N2O2. The van der Waals surface area contributed by atoms with Gasteiger partial charge in [-0.05, 0) is 19.0 Å². The lowest BCUT2D eigenvalue weighted by Gasteiger charge is -2.24. The van der Waals surface area contributed by atoms with Crippen LogP contribution in [-0.4, -0.2) is 41.4 Å². The fraction of sp³-hybridized carbons (Fsp3) is 0.571. The largest absolute Gasteiger partial charge is 0.398 e. The molecule has 0 aliphatic carbocycles. The lowest BCUT2D eigenvalue weighted by molar-refractivity contribution is 0.0994. The van der Waals surface area contributed by atoms with Gasteiger partial charge in [0.05, 0.1) is 12.7 Å². The molecule has 1 aromatic carbocycles. The average Bonchev–Trinajstić information content (AvgIpc) is 2.36. The molecule has 1 atom stereocenters. The summed E-state index contributed by atoms with van der Waals surface area (Å²) in [6.07, 6.45) is 1.57. The van der Waals surface area contributed by atoms with E-state index in [1.807, 2.05) is 18.2 Å². The summed E-state index contributed by atoms with van der Waals surface area (Å²) in [7, 11) is 0. The first-order chi connectivity index (χ1) is 8.69. The predicted octanol–water partition coefficient (Wildman–Crippen LogP) is 1.40. The SMILES string of the molecule is CCCCN(CCO)CC(O)c1ccccc1N. The summed E-state index contributed by atoms with van der Waals surface area (Å²) in [5.41, 5.74) is 7.22. The highest BCUT2D eigenvalue weighted by Gasteiger charge is 2.14. The van der Waals surface area contributed by atoms with Crippen molar-refractivity contribution in [1.82, 2.24) is 4.90 Å². The number of unbranched alkanes of at least 4 members (excludes halogenated alkanes) is 1. The van der Waals surface area contributed by atoms with Gasteiger partial charge in [-0.2, -0.15) is 0 Å². The average molecular weight is 252 g/mol. The van der Waals surface area contributed by atoms with Crippen LogP contribution in [0, 0.1) is 0 Å². The number of hydrogen-bond acceptors (Lipinski definition) is 4. The molecule has 4 N–H and O–H groups in total. The summed E-state index contributed by atoms with van der Waals surface area (Å²) in [5, 5.41) is 19.2. The van der Waals surface area contributed by atoms with E-state index in [4.69, 9.17) is 10.8 Å². The molecule has 0 spiro atoms. The lowest BCUT2D eigenvalue weighted by atomic mass is 10.1. The van der Waals surface area contributed by atoms with E-state index in [1.165, 1.54) is 0 Å². The molecule has 1 aromatic rings. The third-order valence-corrected chi connectivity index (χ3v) is 3.03. The Balaban J connectivity index is 2.60. The van der Waals surface area contributed by atoms with Crippen molar-refractivity contribution in [2.75, 3.05) is 32.0 Å². The van der Waals surface area contributed by atoms with Gasteiger partial charge in [0.15, 0.2) is 0 Å². The van der Waals surface area contributed by atoms with E-state index in [1.54, 1.807) is 6.07 Å². The molecule has 0 aromatic heterocycles. The van der Waals surface area contributed by atoms with Crippen molar-refractivity contribution < 1.29 is 10.2 Å². The third kappa shape index (κ3) is 4.64. The minimum Gasteiger partial charge on any atom is -0.398 e. The third-order valence-electron chi connectivity index (χ3n) is 3.03. The van der Waals surface area contributed by atoms with Crippen LogP contribution in [0.3, 0.4) is 0 Å². The van der Waals surface area contributed by atoms with Crippen LogP contribution in [0.15, 0.2) is 24.3 Å². The van der Waals surface area contributed by atoms with Crippen LogP contribution in [-0.2, 0) is 0 Å². The van der Waals surface area contributed by atoms with Crippen LogP contribution in [0.2, 0.25) is 0 Å². The van der Waals surface area contributed by atoms with Crippen molar-refractivity contribution in [2.24, 2.45) is 0 Å². The van der Waals surface area contributed by atoms with Crippen LogP contribution in [0.1, 0.15) is 31.4 Å². The lowest BCUT2D eigenvalue weighted by Crippen LogP contribution is -2.32. The summed E-state index contributed by atoms with van der Waals surface area (Å²) in [5.74, 6) is 0. The number of aliphatic hydroxyl groups is 2. The molecule has 4 heteroatoms. The van der Waals surface area contributed by atoms with E-state index in [-0.39, 0.29) is 6.61 Å². The number of rotatable bonds is 8. The van der Waals surface area contributed by atoms with Gasteiger partial charge in [0.1, 0.15) is 0 Å². The van der Waals surface area contributed by atoms with E-state index in [0.29, 0.717) is 18.8 Å². The molecule has 0 saturated carbocycles. The zero-order valence-electron chi connectivity index (χ0n) is 11.0. The second-order valence-electron chi connectivity index (χ2n) is 4.52. The van der Waals surface area contributed by atoms with Gasteiger partial charge in [0, 0.05) is 24.3 Å². The van der Waals surface area contributed by atoms with Crippen molar-refractivity contribution in [3.8, 4) is 0 Å². The summed E-state index contributed by atoms with van der Waals surface area (Å²) in [4.78, 5) is 2.07. The number of nitrogens with two attached hydrogens (primary N) is 1. The normalized spacial score (nSPS) is 12.9. The minimum atomic E-state index is -0.602. The van der Waals surface area contributed by atoms with E-state index in [0.717, 1.165) is 24.9 Å². The van der Waals surface area contributed by atoms with Gasteiger partial charge in [-0.1, -0.05) is 31.5 Å². The van der Waals surface area contributed by atoms with Gasteiger partial charge in [0.2, 0.25) is 0 Å². The Morgan fingerprint density at radius 1 is 1.28 bits per heavy atom. The van der Waals surface area contributed by atoms with Crippen molar-refractivity contribution in [3.63, 3.8) is 0 Å². The number of para-hydroxylation sites is 1. The van der Waals surface area contributed by atoms with E-state index in [9.17, 15) is 5.11 Å². The molecular weight excluding hydrogens is 228 g/mol. The maximum Gasteiger partial charge on any atom is 0.0936 e. The number of anilines is 1. The van der Waals surface area contributed by atoms with Crippen LogP contribution in [0.5, 0.6) is 0 Å². The Hall–Kier alpha value is -1.10. The highest BCUT2D eigenvalue weighted by molar-refractivity contribution is 5.47. The van der Waals surface area contributed by atoms with E-state index >= 15 is 0 Å². The Morgan fingerprint density at radius 2 is 2.00 bits per heavy atom. The maximum absolute atomic E-state index is 10.2. The topological polar surface area (TPSA) is 69.7 Å².